The fourth-order valence-electron chi connectivity index (χ4n) is 4.99. The summed E-state index contributed by atoms with van der Waals surface area (Å²) in [5.41, 5.74) is 1.56. The minimum absolute atomic E-state index is 0.000168. The summed E-state index contributed by atoms with van der Waals surface area (Å²) < 4.78 is 55.3. The van der Waals surface area contributed by atoms with Crippen molar-refractivity contribution >= 4 is 0 Å². The molecule has 5 rings (SSSR count). The van der Waals surface area contributed by atoms with Gasteiger partial charge in [0, 0.05) is 6.07 Å². The molecule has 0 saturated carbocycles. The zero-order chi connectivity index (χ0) is 31.4. The summed E-state index contributed by atoms with van der Waals surface area (Å²) in [4.78, 5) is 13.4. The monoisotopic (exact) mass is 594 g/mol. The van der Waals surface area contributed by atoms with Crippen molar-refractivity contribution in [3.8, 4) is 34.6 Å². The molecule has 0 aliphatic rings. The SMILES string of the molecule is Cc1ccc(Cn2c(-c3ccc(Oc4cccc(OCc5ccccc5)c4)c(C)c3)cc(C(F)(F)F)c(C#N)c2=O)c(C)c1. The molecule has 44 heavy (non-hydrogen) atoms. The zero-order valence-electron chi connectivity index (χ0n) is 24.4. The molecule has 1 aromatic heterocycles. The minimum Gasteiger partial charge on any atom is -0.489 e. The summed E-state index contributed by atoms with van der Waals surface area (Å²) in [5.74, 6) is 1.63. The number of hydrogen-bond donors (Lipinski definition) is 0. The Hall–Kier alpha value is -5.29. The zero-order valence-corrected chi connectivity index (χ0v) is 24.4. The van der Waals surface area contributed by atoms with E-state index in [9.17, 15) is 23.2 Å². The van der Waals surface area contributed by atoms with Crippen LogP contribution in [0.5, 0.6) is 17.2 Å². The van der Waals surface area contributed by atoms with Crippen molar-refractivity contribution in [1.29, 1.82) is 5.26 Å². The summed E-state index contributed by atoms with van der Waals surface area (Å²) in [7, 11) is 0. The number of aromatic nitrogens is 1. The number of nitriles is 1. The van der Waals surface area contributed by atoms with E-state index in [0.29, 0.717) is 35.0 Å². The van der Waals surface area contributed by atoms with Crippen LogP contribution in [0.1, 0.15) is 38.9 Å². The lowest BCUT2D eigenvalue weighted by Crippen LogP contribution is -2.29. The van der Waals surface area contributed by atoms with E-state index < -0.39 is 22.9 Å². The quantitative estimate of drug-likeness (QED) is 0.180. The third-order valence-corrected chi connectivity index (χ3v) is 7.30. The number of halogens is 3. The van der Waals surface area contributed by atoms with Crippen molar-refractivity contribution in [3.05, 3.63) is 146 Å². The first-order chi connectivity index (χ1) is 21.0. The van der Waals surface area contributed by atoms with E-state index in [2.05, 4.69) is 0 Å². The minimum atomic E-state index is -4.89. The molecule has 0 spiro atoms. The van der Waals surface area contributed by atoms with Crippen molar-refractivity contribution in [2.75, 3.05) is 0 Å². The second-order valence-electron chi connectivity index (χ2n) is 10.6. The molecule has 5 nitrogen and oxygen atoms in total. The van der Waals surface area contributed by atoms with Crippen LogP contribution in [-0.4, -0.2) is 4.57 Å². The summed E-state index contributed by atoms with van der Waals surface area (Å²) in [6, 6.07) is 29.9. The molecule has 222 valence electrons. The Kier molecular flexibility index (Phi) is 8.59. The molecule has 5 aromatic rings. The highest BCUT2D eigenvalue weighted by Gasteiger charge is 2.36. The van der Waals surface area contributed by atoms with E-state index in [1.165, 1.54) is 10.6 Å². The Morgan fingerprint density at radius 2 is 1.57 bits per heavy atom. The number of aryl methyl sites for hydroxylation is 3. The van der Waals surface area contributed by atoms with Gasteiger partial charge in [0.1, 0.15) is 35.5 Å². The van der Waals surface area contributed by atoms with Crippen LogP contribution in [0.25, 0.3) is 11.3 Å². The number of rotatable bonds is 8. The summed E-state index contributed by atoms with van der Waals surface area (Å²) in [6.07, 6.45) is -4.89. The number of pyridine rings is 1. The number of ether oxygens (including phenoxy) is 2. The second kappa shape index (κ2) is 12.5. The molecule has 0 unspecified atom stereocenters. The fourth-order valence-corrected chi connectivity index (χ4v) is 4.99. The third-order valence-electron chi connectivity index (χ3n) is 7.30. The molecule has 0 N–H and O–H groups in total. The van der Waals surface area contributed by atoms with Crippen LogP contribution in [-0.2, 0) is 19.3 Å². The maximum Gasteiger partial charge on any atom is 0.417 e. The highest BCUT2D eigenvalue weighted by atomic mass is 19.4. The van der Waals surface area contributed by atoms with Gasteiger partial charge in [-0.25, -0.2) is 0 Å². The Labute approximate surface area is 253 Å². The van der Waals surface area contributed by atoms with Gasteiger partial charge in [0.15, 0.2) is 0 Å². The van der Waals surface area contributed by atoms with E-state index in [4.69, 9.17) is 9.47 Å². The number of nitrogens with zero attached hydrogens (tertiary/aromatic N) is 2. The molecule has 0 radical (unpaired) electrons. The van der Waals surface area contributed by atoms with Crippen LogP contribution >= 0.6 is 0 Å². The lowest BCUT2D eigenvalue weighted by atomic mass is 10.0. The summed E-state index contributed by atoms with van der Waals surface area (Å²) in [6.45, 7) is 5.98. The largest absolute Gasteiger partial charge is 0.489 e. The van der Waals surface area contributed by atoms with E-state index >= 15 is 0 Å². The predicted octanol–water partition coefficient (Wildman–Crippen LogP) is 8.75. The van der Waals surface area contributed by atoms with E-state index in [1.807, 2.05) is 68.4 Å². The first-order valence-electron chi connectivity index (χ1n) is 13.9. The number of hydrogen-bond acceptors (Lipinski definition) is 4. The third kappa shape index (κ3) is 6.68. The Morgan fingerprint density at radius 1 is 0.818 bits per heavy atom. The average molecular weight is 595 g/mol. The Bertz CT molecular complexity index is 1920. The van der Waals surface area contributed by atoms with Gasteiger partial charge in [0.2, 0.25) is 0 Å². The first kappa shape index (κ1) is 30.2. The second-order valence-corrected chi connectivity index (χ2v) is 10.6. The van der Waals surface area contributed by atoms with Gasteiger partial charge >= 0.3 is 6.18 Å². The lowest BCUT2D eigenvalue weighted by molar-refractivity contribution is -0.137. The molecule has 0 bridgehead atoms. The summed E-state index contributed by atoms with van der Waals surface area (Å²) in [5, 5.41) is 9.55. The molecule has 0 fully saturated rings. The van der Waals surface area contributed by atoms with E-state index in [0.717, 1.165) is 28.3 Å². The van der Waals surface area contributed by atoms with Crippen molar-refractivity contribution in [2.24, 2.45) is 0 Å². The van der Waals surface area contributed by atoms with E-state index in [1.54, 1.807) is 43.3 Å². The van der Waals surface area contributed by atoms with Gasteiger partial charge in [-0.15, -0.1) is 0 Å². The lowest BCUT2D eigenvalue weighted by Gasteiger charge is -2.19. The van der Waals surface area contributed by atoms with Crippen LogP contribution in [0.15, 0.2) is 102 Å². The van der Waals surface area contributed by atoms with Gasteiger partial charge in [-0.05, 0) is 85.0 Å². The van der Waals surface area contributed by atoms with E-state index in [-0.39, 0.29) is 12.2 Å². The molecule has 1 heterocycles. The van der Waals surface area contributed by atoms with Gasteiger partial charge in [-0.1, -0.05) is 60.2 Å². The smallest absolute Gasteiger partial charge is 0.417 e. The molecular weight excluding hydrogens is 565 g/mol. The predicted molar refractivity (Wildman–Crippen MR) is 163 cm³/mol. The average Bonchev–Trinajstić information content (AvgIpc) is 2.99. The Morgan fingerprint density at radius 3 is 2.25 bits per heavy atom. The van der Waals surface area contributed by atoms with Crippen LogP contribution in [0, 0.1) is 32.1 Å². The topological polar surface area (TPSA) is 64.2 Å². The molecule has 0 amide bonds. The molecule has 0 saturated heterocycles. The number of alkyl halides is 3. The fraction of sp³-hybridized carbons (Fsp3) is 0.167. The van der Waals surface area contributed by atoms with Gasteiger partial charge in [0.05, 0.1) is 17.8 Å². The number of benzene rings is 4. The van der Waals surface area contributed by atoms with Crippen molar-refractivity contribution in [3.63, 3.8) is 0 Å². The first-order valence-corrected chi connectivity index (χ1v) is 13.9. The van der Waals surface area contributed by atoms with Crippen molar-refractivity contribution in [2.45, 2.75) is 40.1 Å². The van der Waals surface area contributed by atoms with Crippen LogP contribution < -0.4 is 15.0 Å². The van der Waals surface area contributed by atoms with Crippen molar-refractivity contribution in [1.82, 2.24) is 4.57 Å². The van der Waals surface area contributed by atoms with Gasteiger partial charge in [-0.2, -0.15) is 18.4 Å². The van der Waals surface area contributed by atoms with Crippen molar-refractivity contribution < 1.29 is 22.6 Å². The van der Waals surface area contributed by atoms with Gasteiger partial charge in [0.25, 0.3) is 5.56 Å². The van der Waals surface area contributed by atoms with Crippen LogP contribution in [0.2, 0.25) is 0 Å². The van der Waals surface area contributed by atoms with Gasteiger partial charge < -0.3 is 14.0 Å². The molecule has 0 atom stereocenters. The highest BCUT2D eigenvalue weighted by molar-refractivity contribution is 5.65. The van der Waals surface area contributed by atoms with Crippen LogP contribution in [0.3, 0.4) is 0 Å². The maximum atomic E-state index is 14.0. The standard InChI is InChI=1S/C36H29F3N2O3/c1-23-12-13-28(24(2)16-23)21-41-33(19-32(36(37,38)39)31(20-40)35(41)42)27-14-15-34(25(3)17-27)44-30-11-7-10-29(18-30)43-22-26-8-5-4-6-9-26/h4-19H,21-22H2,1-3H3. The molecule has 8 heteroatoms. The maximum absolute atomic E-state index is 14.0. The Balaban J connectivity index is 1.50. The normalized spacial score (nSPS) is 11.2. The van der Waals surface area contributed by atoms with Crippen LogP contribution in [0.4, 0.5) is 13.2 Å². The molecule has 0 aliphatic carbocycles. The molecule has 0 aliphatic heterocycles. The molecule has 4 aromatic carbocycles. The van der Waals surface area contributed by atoms with Gasteiger partial charge in [-0.3, -0.25) is 4.79 Å². The molecular formula is C36H29F3N2O3. The summed E-state index contributed by atoms with van der Waals surface area (Å²) >= 11 is 0. The highest BCUT2D eigenvalue weighted by Crippen LogP contribution is 2.36.